The van der Waals surface area contributed by atoms with Gasteiger partial charge in [-0.1, -0.05) is 0 Å². The van der Waals surface area contributed by atoms with Crippen molar-refractivity contribution in [1.82, 2.24) is 10.0 Å². The molecule has 122 valence electrons. The number of carbonyl (C=O) groups is 1. The summed E-state index contributed by atoms with van der Waals surface area (Å²) in [5.41, 5.74) is 6.35. The molecule has 1 unspecified atom stereocenters. The zero-order valence-electron chi connectivity index (χ0n) is 12.9. The number of nitrogens with two attached hydrogens (primary N) is 1. The van der Waals surface area contributed by atoms with Crippen LogP contribution in [0.3, 0.4) is 0 Å². The third-order valence-corrected chi connectivity index (χ3v) is 5.22. The lowest BCUT2D eigenvalue weighted by molar-refractivity contribution is 0.0950. The Kier molecular flexibility index (Phi) is 5.20. The van der Waals surface area contributed by atoms with E-state index in [4.69, 9.17) is 5.73 Å². The van der Waals surface area contributed by atoms with Crippen LogP contribution >= 0.6 is 0 Å². The Hall–Kier alpha value is -1.44. The average molecular weight is 325 g/mol. The van der Waals surface area contributed by atoms with E-state index >= 15 is 0 Å². The van der Waals surface area contributed by atoms with Gasteiger partial charge in [-0.2, -0.15) is 0 Å². The van der Waals surface area contributed by atoms with E-state index in [9.17, 15) is 13.2 Å². The van der Waals surface area contributed by atoms with E-state index in [2.05, 4.69) is 10.0 Å². The SMILES string of the molecule is CC(C)NS(=O)(=O)c1ccc(C(=O)NCC(N)C2CC2)cc1. The van der Waals surface area contributed by atoms with Gasteiger partial charge in [-0.25, -0.2) is 13.1 Å². The van der Waals surface area contributed by atoms with E-state index in [1.165, 1.54) is 24.3 Å². The lowest BCUT2D eigenvalue weighted by atomic mass is 10.2. The van der Waals surface area contributed by atoms with Crippen molar-refractivity contribution in [2.24, 2.45) is 11.7 Å². The number of sulfonamides is 1. The molecule has 7 heteroatoms. The van der Waals surface area contributed by atoms with Crippen LogP contribution in [0.15, 0.2) is 29.2 Å². The summed E-state index contributed by atoms with van der Waals surface area (Å²) < 4.78 is 26.5. The quantitative estimate of drug-likeness (QED) is 0.691. The van der Waals surface area contributed by atoms with Crippen LogP contribution in [0.5, 0.6) is 0 Å². The minimum absolute atomic E-state index is 0.00107. The molecule has 1 atom stereocenters. The molecule has 0 saturated heterocycles. The van der Waals surface area contributed by atoms with Gasteiger partial charge in [-0.15, -0.1) is 0 Å². The van der Waals surface area contributed by atoms with Gasteiger partial charge in [-0.3, -0.25) is 4.79 Å². The summed E-state index contributed by atoms with van der Waals surface area (Å²) in [6.45, 7) is 3.95. The van der Waals surface area contributed by atoms with Crippen LogP contribution in [0.4, 0.5) is 0 Å². The third kappa shape index (κ3) is 4.53. The maximum Gasteiger partial charge on any atom is 0.251 e. The summed E-state index contributed by atoms with van der Waals surface area (Å²) in [4.78, 5) is 12.1. The Bertz CT molecular complexity index is 622. The highest BCUT2D eigenvalue weighted by molar-refractivity contribution is 7.89. The third-order valence-electron chi connectivity index (χ3n) is 3.54. The van der Waals surface area contributed by atoms with Crippen molar-refractivity contribution >= 4 is 15.9 Å². The number of hydrogen-bond acceptors (Lipinski definition) is 4. The molecule has 2 rings (SSSR count). The fourth-order valence-corrected chi connectivity index (χ4v) is 3.42. The Balaban J connectivity index is 1.97. The zero-order chi connectivity index (χ0) is 16.3. The predicted molar refractivity (Wildman–Crippen MR) is 84.9 cm³/mol. The molecule has 22 heavy (non-hydrogen) atoms. The van der Waals surface area contributed by atoms with E-state index < -0.39 is 10.0 Å². The fourth-order valence-electron chi connectivity index (χ4n) is 2.17. The number of rotatable bonds is 7. The molecule has 1 aliphatic carbocycles. The van der Waals surface area contributed by atoms with Crippen LogP contribution in [0.2, 0.25) is 0 Å². The molecule has 1 aromatic rings. The average Bonchev–Trinajstić information content (AvgIpc) is 3.27. The molecule has 6 nitrogen and oxygen atoms in total. The van der Waals surface area contributed by atoms with Crippen molar-refractivity contribution in [3.8, 4) is 0 Å². The number of hydrogen-bond donors (Lipinski definition) is 3. The van der Waals surface area contributed by atoms with E-state index in [1.807, 2.05) is 0 Å². The summed E-state index contributed by atoms with van der Waals surface area (Å²) in [7, 11) is -3.53. The van der Waals surface area contributed by atoms with Crippen molar-refractivity contribution in [1.29, 1.82) is 0 Å². The van der Waals surface area contributed by atoms with Gasteiger partial charge in [0.1, 0.15) is 0 Å². The molecule has 0 radical (unpaired) electrons. The van der Waals surface area contributed by atoms with E-state index in [0.29, 0.717) is 18.0 Å². The van der Waals surface area contributed by atoms with Gasteiger partial charge in [0.2, 0.25) is 10.0 Å². The molecule has 1 amide bonds. The first kappa shape index (κ1) is 16.9. The Morgan fingerprint density at radius 1 is 1.27 bits per heavy atom. The van der Waals surface area contributed by atoms with Gasteiger partial charge >= 0.3 is 0 Å². The van der Waals surface area contributed by atoms with Crippen LogP contribution < -0.4 is 15.8 Å². The predicted octanol–water partition coefficient (Wildman–Crippen LogP) is 0.840. The second-order valence-corrected chi connectivity index (χ2v) is 7.73. The van der Waals surface area contributed by atoms with E-state index in [1.54, 1.807) is 13.8 Å². The second kappa shape index (κ2) is 6.76. The molecule has 1 aromatic carbocycles. The molecule has 4 N–H and O–H groups in total. The molecule has 0 spiro atoms. The van der Waals surface area contributed by atoms with Crippen LogP contribution in [0.25, 0.3) is 0 Å². The summed E-state index contributed by atoms with van der Waals surface area (Å²) in [5.74, 6) is 0.284. The molecule has 0 heterocycles. The summed E-state index contributed by atoms with van der Waals surface area (Å²) in [6.07, 6.45) is 2.26. The number of nitrogens with one attached hydrogen (secondary N) is 2. The highest BCUT2D eigenvalue weighted by Gasteiger charge is 2.28. The first-order chi connectivity index (χ1) is 10.3. The number of carbonyl (C=O) groups excluding carboxylic acids is 1. The summed E-state index contributed by atoms with van der Waals surface area (Å²) in [5, 5.41) is 2.78. The van der Waals surface area contributed by atoms with Gasteiger partial charge in [0.15, 0.2) is 0 Å². The van der Waals surface area contributed by atoms with Crippen molar-refractivity contribution in [2.45, 2.75) is 43.7 Å². The highest BCUT2D eigenvalue weighted by atomic mass is 32.2. The number of amides is 1. The monoisotopic (exact) mass is 325 g/mol. The summed E-state index contributed by atoms with van der Waals surface area (Å²) >= 11 is 0. The molecular formula is C15H23N3O3S. The second-order valence-electron chi connectivity index (χ2n) is 6.01. The van der Waals surface area contributed by atoms with Gasteiger partial charge < -0.3 is 11.1 Å². The van der Waals surface area contributed by atoms with E-state index in [-0.39, 0.29) is 22.9 Å². The molecule has 1 saturated carbocycles. The lowest BCUT2D eigenvalue weighted by Crippen LogP contribution is -2.38. The molecule has 0 aliphatic heterocycles. The topological polar surface area (TPSA) is 101 Å². The largest absolute Gasteiger partial charge is 0.350 e. The van der Waals surface area contributed by atoms with Gasteiger partial charge in [0.05, 0.1) is 4.90 Å². The van der Waals surface area contributed by atoms with Crippen molar-refractivity contribution < 1.29 is 13.2 Å². The minimum atomic E-state index is -3.53. The molecule has 0 aromatic heterocycles. The maximum atomic E-state index is 12.0. The van der Waals surface area contributed by atoms with Crippen molar-refractivity contribution in [2.75, 3.05) is 6.54 Å². The first-order valence-corrected chi connectivity index (χ1v) is 8.94. The fraction of sp³-hybridized carbons (Fsp3) is 0.533. The van der Waals surface area contributed by atoms with Crippen molar-refractivity contribution in [3.05, 3.63) is 29.8 Å². The molecule has 1 aliphatic rings. The molecule has 1 fully saturated rings. The van der Waals surface area contributed by atoms with Gasteiger partial charge in [0.25, 0.3) is 5.91 Å². The van der Waals surface area contributed by atoms with Gasteiger partial charge in [0, 0.05) is 24.2 Å². The van der Waals surface area contributed by atoms with Crippen molar-refractivity contribution in [3.63, 3.8) is 0 Å². The van der Waals surface area contributed by atoms with E-state index in [0.717, 1.165) is 12.8 Å². The molecule has 0 bridgehead atoms. The Morgan fingerprint density at radius 3 is 2.36 bits per heavy atom. The molecular weight excluding hydrogens is 302 g/mol. The van der Waals surface area contributed by atoms with Crippen LogP contribution in [-0.4, -0.2) is 33.0 Å². The first-order valence-electron chi connectivity index (χ1n) is 7.46. The smallest absolute Gasteiger partial charge is 0.251 e. The van der Waals surface area contributed by atoms with Crippen LogP contribution in [0, 0.1) is 5.92 Å². The lowest BCUT2D eigenvalue weighted by Gasteiger charge is -2.12. The maximum absolute atomic E-state index is 12.0. The normalized spacial score (nSPS) is 16.5. The number of benzene rings is 1. The highest BCUT2D eigenvalue weighted by Crippen LogP contribution is 2.31. The zero-order valence-corrected chi connectivity index (χ0v) is 13.7. The Labute approximate surface area is 131 Å². The minimum Gasteiger partial charge on any atom is -0.350 e. The Morgan fingerprint density at radius 2 is 1.86 bits per heavy atom. The van der Waals surface area contributed by atoms with Crippen LogP contribution in [0.1, 0.15) is 37.0 Å². The van der Waals surface area contributed by atoms with Crippen LogP contribution in [-0.2, 0) is 10.0 Å². The summed E-state index contributed by atoms with van der Waals surface area (Å²) in [6, 6.07) is 5.69. The standard InChI is InChI=1S/C15H23N3O3S/c1-10(2)18-22(20,21)13-7-5-12(6-8-13)15(19)17-9-14(16)11-3-4-11/h5-8,10-11,14,18H,3-4,9,16H2,1-2H3,(H,17,19). The van der Waals surface area contributed by atoms with Gasteiger partial charge in [-0.05, 0) is 56.9 Å².